The first-order valence-electron chi connectivity index (χ1n) is 2.15. The molecule has 0 saturated heterocycles. The lowest BCUT2D eigenvalue weighted by molar-refractivity contribution is -0.153. The zero-order valence-corrected chi connectivity index (χ0v) is 5.74. The Labute approximate surface area is 59.5 Å². The van der Waals surface area contributed by atoms with E-state index in [1.807, 2.05) is 0 Å². The van der Waals surface area contributed by atoms with E-state index in [0.717, 1.165) is 0 Å². The molecule has 0 unspecified atom stereocenters. The van der Waals surface area contributed by atoms with Crippen LogP contribution in [-0.4, -0.2) is 30.8 Å². The van der Waals surface area contributed by atoms with Crippen LogP contribution in [0.5, 0.6) is 0 Å². The molecule has 0 aliphatic carbocycles. The molecule has 0 aliphatic rings. The van der Waals surface area contributed by atoms with Crippen molar-refractivity contribution in [1.82, 2.24) is 0 Å². The highest BCUT2D eigenvalue weighted by atomic mass is 32.2. The van der Waals surface area contributed by atoms with Gasteiger partial charge in [-0.05, 0) is 0 Å². The zero-order chi connectivity index (χ0) is 9.28. The van der Waals surface area contributed by atoms with Gasteiger partial charge in [-0.3, -0.25) is 0 Å². The number of aliphatic carboxylic acids is 1. The number of hydrogen-bond donors (Lipinski definition) is 1. The first-order valence-corrected chi connectivity index (χ1v) is 3.80. The molecule has 8 heteroatoms. The Balaban J connectivity index is 5.01. The van der Waals surface area contributed by atoms with Gasteiger partial charge in [0.15, 0.2) is 6.01 Å². The summed E-state index contributed by atoms with van der Waals surface area (Å²) in [6.45, 7) is 0. The second-order valence-electron chi connectivity index (χ2n) is 1.55. The summed E-state index contributed by atoms with van der Waals surface area (Å²) in [7, 11) is -5.50. The van der Waals surface area contributed by atoms with Crippen molar-refractivity contribution in [2.45, 2.75) is 5.25 Å². The van der Waals surface area contributed by atoms with Crippen LogP contribution in [0.4, 0.5) is 13.2 Å². The van der Waals surface area contributed by atoms with Gasteiger partial charge in [-0.1, -0.05) is 0 Å². The maximum atomic E-state index is 11.9. The molecule has 0 aromatic heterocycles. The predicted molar refractivity (Wildman–Crippen MR) is 27.5 cm³/mol. The molecule has 0 radical (unpaired) electrons. The highest BCUT2D eigenvalue weighted by Crippen LogP contribution is 2.22. The van der Waals surface area contributed by atoms with Crippen LogP contribution in [0.15, 0.2) is 0 Å². The van der Waals surface area contributed by atoms with Crippen molar-refractivity contribution in [3.63, 3.8) is 0 Å². The van der Waals surface area contributed by atoms with E-state index in [-0.39, 0.29) is 0 Å². The SMILES string of the molecule is O=C(O)C(F)(F)S(=O)(=O)CF. The van der Waals surface area contributed by atoms with Gasteiger partial charge >= 0.3 is 11.2 Å². The molecule has 66 valence electrons. The van der Waals surface area contributed by atoms with Crippen molar-refractivity contribution in [3.8, 4) is 0 Å². The molecule has 0 atom stereocenters. The lowest BCUT2D eigenvalue weighted by Gasteiger charge is -2.07. The van der Waals surface area contributed by atoms with Crippen molar-refractivity contribution in [1.29, 1.82) is 0 Å². The van der Waals surface area contributed by atoms with Gasteiger partial charge < -0.3 is 5.11 Å². The van der Waals surface area contributed by atoms with Gasteiger partial charge in [0.2, 0.25) is 0 Å². The number of hydrogen-bond acceptors (Lipinski definition) is 3. The summed E-state index contributed by atoms with van der Waals surface area (Å²) in [6, 6.07) is -2.40. The van der Waals surface area contributed by atoms with Crippen LogP contribution in [0.3, 0.4) is 0 Å². The van der Waals surface area contributed by atoms with E-state index in [9.17, 15) is 26.4 Å². The Bertz CT molecular complexity index is 256. The average molecular weight is 192 g/mol. The predicted octanol–water partition coefficient (Wildman–Crippen LogP) is 0.00560. The molecule has 0 amide bonds. The van der Waals surface area contributed by atoms with E-state index in [1.54, 1.807) is 0 Å². The Morgan fingerprint density at radius 3 is 1.91 bits per heavy atom. The summed E-state index contributed by atoms with van der Waals surface area (Å²) in [4.78, 5) is 9.53. The van der Waals surface area contributed by atoms with Gasteiger partial charge in [-0.15, -0.1) is 0 Å². The normalized spacial score (nSPS) is 13.0. The summed E-state index contributed by atoms with van der Waals surface area (Å²) in [5.41, 5.74) is 0. The second-order valence-corrected chi connectivity index (χ2v) is 3.51. The summed E-state index contributed by atoms with van der Waals surface area (Å²) < 4.78 is 55.0. The van der Waals surface area contributed by atoms with Gasteiger partial charge in [0, 0.05) is 0 Å². The monoisotopic (exact) mass is 192 g/mol. The molecule has 0 aliphatic heterocycles. The van der Waals surface area contributed by atoms with Gasteiger partial charge in [0.05, 0.1) is 0 Å². The molecule has 0 heterocycles. The van der Waals surface area contributed by atoms with Crippen LogP contribution >= 0.6 is 0 Å². The molecule has 4 nitrogen and oxygen atoms in total. The van der Waals surface area contributed by atoms with Crippen molar-refractivity contribution in [2.75, 3.05) is 6.01 Å². The first kappa shape index (κ1) is 10.2. The minimum absolute atomic E-state index is 2.40. The molecule has 0 bridgehead atoms. The van der Waals surface area contributed by atoms with Gasteiger partial charge in [0.25, 0.3) is 9.84 Å². The number of sulfone groups is 1. The molecule has 0 aromatic rings. The smallest absolute Gasteiger partial charge is 0.442 e. The third-order valence-electron chi connectivity index (χ3n) is 0.783. The summed E-state index contributed by atoms with van der Waals surface area (Å²) in [6.07, 6.45) is 0. The standard InChI is InChI=1S/C3H3F3O4S/c4-1-11(9,10)3(5,6)2(7)8/h1H2,(H,7,8). The van der Waals surface area contributed by atoms with E-state index in [1.165, 1.54) is 0 Å². The van der Waals surface area contributed by atoms with Crippen molar-refractivity contribution in [2.24, 2.45) is 0 Å². The summed E-state index contributed by atoms with van der Waals surface area (Å²) in [5, 5.41) is 2.57. The van der Waals surface area contributed by atoms with E-state index < -0.39 is 27.1 Å². The molecule has 0 aromatic carbocycles. The van der Waals surface area contributed by atoms with Crippen LogP contribution in [0.2, 0.25) is 0 Å². The van der Waals surface area contributed by atoms with E-state index in [4.69, 9.17) is 5.11 Å². The number of halogens is 3. The average Bonchev–Trinajstić information content (AvgIpc) is 1.87. The van der Waals surface area contributed by atoms with Crippen LogP contribution in [0.25, 0.3) is 0 Å². The van der Waals surface area contributed by atoms with Crippen molar-refractivity contribution >= 4 is 15.8 Å². The Morgan fingerprint density at radius 2 is 1.82 bits per heavy atom. The molecular formula is C3H3F3O4S. The van der Waals surface area contributed by atoms with Gasteiger partial charge in [-0.25, -0.2) is 17.6 Å². The molecule has 1 N–H and O–H groups in total. The third-order valence-corrected chi connectivity index (χ3v) is 2.03. The Hall–Kier alpha value is -0.790. The van der Waals surface area contributed by atoms with Crippen LogP contribution in [-0.2, 0) is 14.6 Å². The number of carbonyl (C=O) groups is 1. The van der Waals surface area contributed by atoms with E-state index in [2.05, 4.69) is 0 Å². The third kappa shape index (κ3) is 1.62. The first-order chi connectivity index (χ1) is 4.75. The Kier molecular flexibility index (Phi) is 2.49. The molecule has 0 fully saturated rings. The fourth-order valence-corrected chi connectivity index (χ4v) is 0.605. The lowest BCUT2D eigenvalue weighted by Crippen LogP contribution is -2.38. The van der Waals surface area contributed by atoms with Crippen LogP contribution in [0, 0.1) is 0 Å². The lowest BCUT2D eigenvalue weighted by atomic mass is 10.7. The minimum atomic E-state index is -5.50. The largest absolute Gasteiger partial charge is 0.476 e. The molecule has 11 heavy (non-hydrogen) atoms. The zero-order valence-electron chi connectivity index (χ0n) is 4.92. The summed E-state index contributed by atoms with van der Waals surface area (Å²) in [5.74, 6) is -2.88. The van der Waals surface area contributed by atoms with Crippen molar-refractivity contribution < 1.29 is 31.5 Å². The van der Waals surface area contributed by atoms with E-state index >= 15 is 0 Å². The second kappa shape index (κ2) is 2.68. The summed E-state index contributed by atoms with van der Waals surface area (Å²) >= 11 is 0. The Morgan fingerprint density at radius 1 is 1.45 bits per heavy atom. The molecule has 0 rings (SSSR count). The van der Waals surface area contributed by atoms with Crippen LogP contribution in [0.1, 0.15) is 0 Å². The molecule has 0 saturated carbocycles. The maximum Gasteiger partial charge on any atom is 0.442 e. The highest BCUT2D eigenvalue weighted by molar-refractivity contribution is 7.93. The fraction of sp³-hybridized carbons (Fsp3) is 0.667. The topological polar surface area (TPSA) is 71.4 Å². The maximum absolute atomic E-state index is 11.9. The molecular weight excluding hydrogens is 189 g/mol. The number of alkyl halides is 3. The number of rotatable bonds is 3. The minimum Gasteiger partial charge on any atom is -0.476 e. The number of carboxylic acid groups (broad SMARTS) is 1. The highest BCUT2D eigenvalue weighted by Gasteiger charge is 2.53. The fourth-order valence-electron chi connectivity index (χ4n) is 0.202. The van der Waals surface area contributed by atoms with E-state index in [0.29, 0.717) is 0 Å². The number of carboxylic acids is 1. The van der Waals surface area contributed by atoms with Gasteiger partial charge in [0.1, 0.15) is 0 Å². The van der Waals surface area contributed by atoms with Crippen LogP contribution < -0.4 is 0 Å². The van der Waals surface area contributed by atoms with Gasteiger partial charge in [-0.2, -0.15) is 8.78 Å². The quantitative estimate of drug-likeness (QED) is 0.683. The molecule has 0 spiro atoms. The van der Waals surface area contributed by atoms with Crippen molar-refractivity contribution in [3.05, 3.63) is 0 Å².